The Labute approximate surface area is 116 Å². The van der Waals surface area contributed by atoms with Crippen molar-refractivity contribution in [1.29, 1.82) is 0 Å². The highest BCUT2D eigenvalue weighted by Crippen LogP contribution is 2.14. The molecule has 20 heavy (non-hydrogen) atoms. The zero-order chi connectivity index (χ0) is 13.9. The van der Waals surface area contributed by atoms with Crippen LogP contribution >= 0.6 is 0 Å². The molecule has 0 radical (unpaired) electrons. The average Bonchev–Trinajstić information content (AvgIpc) is 2.90. The van der Waals surface area contributed by atoms with Crippen LogP contribution in [0.5, 0.6) is 0 Å². The molecule has 3 aromatic rings. The SMILES string of the molecule is CCNCc1cnc(-n2nnc3ccccc32)nc1C. The van der Waals surface area contributed by atoms with Gasteiger partial charge in [-0.1, -0.05) is 24.3 Å². The molecule has 2 heterocycles. The summed E-state index contributed by atoms with van der Waals surface area (Å²) in [6.07, 6.45) is 1.84. The van der Waals surface area contributed by atoms with Gasteiger partial charge in [-0.05, 0) is 25.6 Å². The van der Waals surface area contributed by atoms with E-state index in [0.717, 1.165) is 35.4 Å². The molecule has 0 aliphatic heterocycles. The van der Waals surface area contributed by atoms with Crippen molar-refractivity contribution in [2.24, 2.45) is 0 Å². The number of benzene rings is 1. The summed E-state index contributed by atoms with van der Waals surface area (Å²) in [4.78, 5) is 8.92. The molecule has 0 fully saturated rings. The first-order chi connectivity index (χ1) is 9.79. The van der Waals surface area contributed by atoms with Gasteiger partial charge in [0.2, 0.25) is 0 Å². The molecule has 3 rings (SSSR count). The van der Waals surface area contributed by atoms with Crippen LogP contribution in [-0.4, -0.2) is 31.5 Å². The number of hydrogen-bond acceptors (Lipinski definition) is 5. The van der Waals surface area contributed by atoms with Gasteiger partial charge in [0.05, 0.1) is 5.52 Å². The Bertz CT molecular complexity index is 733. The lowest BCUT2D eigenvalue weighted by Crippen LogP contribution is -2.14. The smallest absolute Gasteiger partial charge is 0.252 e. The molecule has 0 aliphatic rings. The average molecular weight is 268 g/mol. The molecule has 0 unspecified atom stereocenters. The van der Waals surface area contributed by atoms with Crippen molar-refractivity contribution in [3.05, 3.63) is 41.7 Å². The number of hydrogen-bond donors (Lipinski definition) is 1. The summed E-state index contributed by atoms with van der Waals surface area (Å²) in [6.45, 7) is 5.76. The lowest BCUT2D eigenvalue weighted by atomic mass is 10.2. The third kappa shape index (κ3) is 2.25. The Morgan fingerprint density at radius 3 is 2.90 bits per heavy atom. The van der Waals surface area contributed by atoms with Crippen molar-refractivity contribution in [3.63, 3.8) is 0 Å². The summed E-state index contributed by atoms with van der Waals surface area (Å²) in [5.74, 6) is 0.552. The van der Waals surface area contributed by atoms with Gasteiger partial charge in [0.15, 0.2) is 0 Å². The van der Waals surface area contributed by atoms with Gasteiger partial charge in [0, 0.05) is 24.0 Å². The number of rotatable bonds is 4. The maximum atomic E-state index is 4.53. The fourth-order valence-electron chi connectivity index (χ4n) is 2.03. The standard InChI is InChI=1S/C14H16N6/c1-3-15-8-11-9-16-14(17-10(11)2)20-13-7-5-4-6-12(13)18-19-20/h4-7,9,15H,3,8H2,1-2H3. The predicted molar refractivity (Wildman–Crippen MR) is 76.6 cm³/mol. The lowest BCUT2D eigenvalue weighted by Gasteiger charge is -2.07. The summed E-state index contributed by atoms with van der Waals surface area (Å²) in [6, 6.07) is 7.77. The Hall–Kier alpha value is -2.34. The molecule has 0 atom stereocenters. The van der Waals surface area contributed by atoms with E-state index >= 15 is 0 Å². The molecule has 1 aromatic carbocycles. The van der Waals surface area contributed by atoms with E-state index in [1.54, 1.807) is 4.68 Å². The summed E-state index contributed by atoms with van der Waals surface area (Å²) < 4.78 is 1.67. The topological polar surface area (TPSA) is 68.5 Å². The summed E-state index contributed by atoms with van der Waals surface area (Å²) in [5, 5.41) is 11.5. The van der Waals surface area contributed by atoms with Crippen molar-refractivity contribution in [3.8, 4) is 5.95 Å². The first-order valence-corrected chi connectivity index (χ1v) is 6.63. The summed E-state index contributed by atoms with van der Waals surface area (Å²) >= 11 is 0. The van der Waals surface area contributed by atoms with Gasteiger partial charge < -0.3 is 5.32 Å². The fraction of sp³-hybridized carbons (Fsp3) is 0.286. The molecule has 0 amide bonds. The molecule has 2 aromatic heterocycles. The molecular weight excluding hydrogens is 252 g/mol. The highest BCUT2D eigenvalue weighted by atomic mass is 15.5. The van der Waals surface area contributed by atoms with Gasteiger partial charge in [0.1, 0.15) is 5.52 Å². The number of aromatic nitrogens is 5. The van der Waals surface area contributed by atoms with Gasteiger partial charge in [-0.2, -0.15) is 4.68 Å². The number of para-hydroxylation sites is 1. The molecule has 0 bridgehead atoms. The molecule has 1 N–H and O–H groups in total. The van der Waals surface area contributed by atoms with Crippen LogP contribution in [0.2, 0.25) is 0 Å². The van der Waals surface area contributed by atoms with Crippen LogP contribution in [0.4, 0.5) is 0 Å². The second kappa shape index (κ2) is 5.34. The molecular formula is C14H16N6. The maximum absolute atomic E-state index is 4.53. The predicted octanol–water partition coefficient (Wildman–Crippen LogP) is 1.63. The third-order valence-electron chi connectivity index (χ3n) is 3.17. The van der Waals surface area contributed by atoms with Crippen molar-refractivity contribution in [2.45, 2.75) is 20.4 Å². The largest absolute Gasteiger partial charge is 0.313 e. The van der Waals surface area contributed by atoms with Gasteiger partial charge in [0.25, 0.3) is 5.95 Å². The molecule has 102 valence electrons. The van der Waals surface area contributed by atoms with E-state index in [-0.39, 0.29) is 0 Å². The van der Waals surface area contributed by atoms with E-state index < -0.39 is 0 Å². The van der Waals surface area contributed by atoms with E-state index in [1.807, 2.05) is 37.4 Å². The van der Waals surface area contributed by atoms with Gasteiger partial charge in [-0.3, -0.25) is 0 Å². The Morgan fingerprint density at radius 2 is 2.10 bits per heavy atom. The summed E-state index contributed by atoms with van der Waals surface area (Å²) in [5.41, 5.74) is 3.80. The minimum Gasteiger partial charge on any atom is -0.313 e. The number of nitrogens with one attached hydrogen (secondary N) is 1. The van der Waals surface area contributed by atoms with Crippen molar-refractivity contribution in [1.82, 2.24) is 30.3 Å². The van der Waals surface area contributed by atoms with E-state index in [1.165, 1.54) is 0 Å². The third-order valence-corrected chi connectivity index (χ3v) is 3.17. The number of nitrogens with zero attached hydrogens (tertiary/aromatic N) is 5. The van der Waals surface area contributed by atoms with Crippen molar-refractivity contribution >= 4 is 11.0 Å². The second-order valence-electron chi connectivity index (χ2n) is 4.55. The van der Waals surface area contributed by atoms with E-state index in [9.17, 15) is 0 Å². The number of aryl methyl sites for hydroxylation is 1. The van der Waals surface area contributed by atoms with Gasteiger partial charge in [-0.15, -0.1) is 5.10 Å². The maximum Gasteiger partial charge on any atom is 0.252 e. The Balaban J connectivity index is 2.00. The second-order valence-corrected chi connectivity index (χ2v) is 4.55. The molecule has 0 spiro atoms. The zero-order valence-corrected chi connectivity index (χ0v) is 11.5. The van der Waals surface area contributed by atoms with E-state index in [4.69, 9.17) is 0 Å². The fourth-order valence-corrected chi connectivity index (χ4v) is 2.03. The zero-order valence-electron chi connectivity index (χ0n) is 11.5. The van der Waals surface area contributed by atoms with Crippen LogP contribution < -0.4 is 5.32 Å². The summed E-state index contributed by atoms with van der Waals surface area (Å²) in [7, 11) is 0. The monoisotopic (exact) mass is 268 g/mol. The van der Waals surface area contributed by atoms with Gasteiger partial charge in [-0.25, -0.2) is 9.97 Å². The van der Waals surface area contributed by atoms with Crippen LogP contribution in [0.15, 0.2) is 30.5 Å². The first kappa shape index (κ1) is 12.7. The van der Waals surface area contributed by atoms with Crippen LogP contribution in [0.25, 0.3) is 17.0 Å². The highest BCUT2D eigenvalue weighted by molar-refractivity contribution is 5.75. The first-order valence-electron chi connectivity index (χ1n) is 6.63. The van der Waals surface area contributed by atoms with Gasteiger partial charge >= 0.3 is 0 Å². The Kier molecular flexibility index (Phi) is 3.39. The van der Waals surface area contributed by atoms with Crippen LogP contribution in [-0.2, 0) is 6.54 Å². The van der Waals surface area contributed by atoms with E-state index in [0.29, 0.717) is 5.95 Å². The van der Waals surface area contributed by atoms with Crippen molar-refractivity contribution in [2.75, 3.05) is 6.54 Å². The Morgan fingerprint density at radius 1 is 1.25 bits per heavy atom. The molecule has 0 aliphatic carbocycles. The lowest BCUT2D eigenvalue weighted by molar-refractivity contribution is 0.706. The molecule has 6 nitrogen and oxygen atoms in total. The van der Waals surface area contributed by atoms with Crippen LogP contribution in [0.1, 0.15) is 18.2 Å². The molecule has 0 saturated heterocycles. The molecule has 0 saturated carbocycles. The van der Waals surface area contributed by atoms with Crippen LogP contribution in [0, 0.1) is 6.92 Å². The van der Waals surface area contributed by atoms with Crippen molar-refractivity contribution < 1.29 is 0 Å². The normalized spacial score (nSPS) is 11.1. The minimum atomic E-state index is 0.552. The highest BCUT2D eigenvalue weighted by Gasteiger charge is 2.09. The quantitative estimate of drug-likeness (QED) is 0.779. The minimum absolute atomic E-state index is 0.552. The molecule has 6 heteroatoms. The van der Waals surface area contributed by atoms with Crippen LogP contribution in [0.3, 0.4) is 0 Å². The number of fused-ring (bicyclic) bond motifs is 1. The van der Waals surface area contributed by atoms with E-state index in [2.05, 4.69) is 32.5 Å².